The van der Waals surface area contributed by atoms with E-state index in [-0.39, 0.29) is 11.6 Å². The van der Waals surface area contributed by atoms with Crippen LogP contribution in [0.3, 0.4) is 0 Å². The minimum Gasteiger partial charge on any atom is -0.323 e. The summed E-state index contributed by atoms with van der Waals surface area (Å²) in [5.41, 5.74) is 0.868. The predicted molar refractivity (Wildman–Crippen MR) is 81.9 cm³/mol. The topological polar surface area (TPSA) is 49.4 Å². The predicted octanol–water partition coefficient (Wildman–Crippen LogP) is 2.82. The van der Waals surface area contributed by atoms with E-state index in [2.05, 4.69) is 5.32 Å². The Balaban J connectivity index is 1.73. The smallest absolute Gasteiger partial charge is 0.239 e. The lowest BCUT2D eigenvalue weighted by Crippen LogP contribution is -2.33. The number of rotatable bonds is 3. The molecule has 112 valence electrons. The maximum Gasteiger partial charge on any atom is 0.239 e. The van der Waals surface area contributed by atoms with Crippen molar-refractivity contribution in [2.75, 3.05) is 16.8 Å². The molecule has 5 heteroatoms. The Bertz CT molecular complexity index is 703. The van der Waals surface area contributed by atoms with Gasteiger partial charge in [-0.3, -0.25) is 9.59 Å². The SMILES string of the molecule is O=C(Nc1ccccc1F)C1CCN(c2ccccc2)C1=O. The highest BCUT2D eigenvalue weighted by molar-refractivity contribution is 6.13. The van der Waals surface area contributed by atoms with Crippen LogP contribution in [0.4, 0.5) is 15.8 Å². The number of carbonyl (C=O) groups excluding carboxylic acids is 2. The number of anilines is 2. The van der Waals surface area contributed by atoms with E-state index in [1.165, 1.54) is 12.1 Å². The van der Waals surface area contributed by atoms with E-state index in [0.717, 1.165) is 5.69 Å². The molecule has 1 heterocycles. The van der Waals surface area contributed by atoms with Gasteiger partial charge in [0.25, 0.3) is 0 Å². The van der Waals surface area contributed by atoms with E-state index in [1.54, 1.807) is 17.0 Å². The normalized spacial score (nSPS) is 17.6. The molecule has 0 spiro atoms. The van der Waals surface area contributed by atoms with Crippen LogP contribution >= 0.6 is 0 Å². The Morgan fingerprint density at radius 1 is 1.09 bits per heavy atom. The van der Waals surface area contributed by atoms with Crippen LogP contribution in [0, 0.1) is 11.7 Å². The maximum atomic E-state index is 13.6. The quantitative estimate of drug-likeness (QED) is 0.886. The van der Waals surface area contributed by atoms with E-state index in [9.17, 15) is 14.0 Å². The molecule has 1 atom stereocenters. The van der Waals surface area contributed by atoms with Gasteiger partial charge in [-0.05, 0) is 30.7 Å². The Hall–Kier alpha value is -2.69. The highest BCUT2D eigenvalue weighted by atomic mass is 19.1. The van der Waals surface area contributed by atoms with Crippen LogP contribution in [0.25, 0.3) is 0 Å². The van der Waals surface area contributed by atoms with Crippen molar-refractivity contribution in [3.8, 4) is 0 Å². The number of carbonyl (C=O) groups is 2. The summed E-state index contributed by atoms with van der Waals surface area (Å²) in [6.07, 6.45) is 0.425. The Morgan fingerprint density at radius 3 is 2.50 bits per heavy atom. The second kappa shape index (κ2) is 5.97. The van der Waals surface area contributed by atoms with Gasteiger partial charge < -0.3 is 10.2 Å². The Morgan fingerprint density at radius 2 is 1.77 bits per heavy atom. The second-order valence-electron chi connectivity index (χ2n) is 5.14. The van der Waals surface area contributed by atoms with Gasteiger partial charge in [-0.2, -0.15) is 0 Å². The van der Waals surface area contributed by atoms with Crippen LogP contribution in [0.2, 0.25) is 0 Å². The minimum absolute atomic E-state index is 0.0958. The lowest BCUT2D eigenvalue weighted by molar-refractivity contribution is -0.129. The molecule has 0 aliphatic carbocycles. The Labute approximate surface area is 127 Å². The fraction of sp³-hybridized carbons (Fsp3) is 0.176. The number of hydrogen-bond acceptors (Lipinski definition) is 2. The fourth-order valence-corrected chi connectivity index (χ4v) is 2.57. The number of para-hydroxylation sites is 2. The largest absolute Gasteiger partial charge is 0.323 e. The van der Waals surface area contributed by atoms with Crippen LogP contribution < -0.4 is 10.2 Å². The van der Waals surface area contributed by atoms with Gasteiger partial charge >= 0.3 is 0 Å². The molecule has 0 saturated carbocycles. The summed E-state index contributed by atoms with van der Waals surface area (Å²) in [5.74, 6) is -2.01. The van der Waals surface area contributed by atoms with Gasteiger partial charge in [-0.25, -0.2) is 4.39 Å². The zero-order chi connectivity index (χ0) is 15.5. The average molecular weight is 298 g/mol. The molecule has 1 saturated heterocycles. The van der Waals surface area contributed by atoms with Crippen molar-refractivity contribution in [2.45, 2.75) is 6.42 Å². The monoisotopic (exact) mass is 298 g/mol. The van der Waals surface area contributed by atoms with E-state index in [4.69, 9.17) is 0 Å². The molecule has 1 fully saturated rings. The van der Waals surface area contributed by atoms with Gasteiger partial charge in [0.1, 0.15) is 11.7 Å². The molecular weight excluding hydrogens is 283 g/mol. The number of benzene rings is 2. The number of nitrogens with one attached hydrogen (secondary N) is 1. The first-order chi connectivity index (χ1) is 10.7. The third-order valence-corrected chi connectivity index (χ3v) is 3.72. The summed E-state index contributed by atoms with van der Waals surface area (Å²) in [6, 6.07) is 15.1. The van der Waals surface area contributed by atoms with Crippen molar-refractivity contribution in [3.05, 3.63) is 60.4 Å². The fourth-order valence-electron chi connectivity index (χ4n) is 2.57. The molecule has 0 bridgehead atoms. The van der Waals surface area contributed by atoms with Crippen LogP contribution in [0.5, 0.6) is 0 Å². The van der Waals surface area contributed by atoms with Crippen LogP contribution in [-0.2, 0) is 9.59 Å². The van der Waals surface area contributed by atoms with E-state index in [0.29, 0.717) is 13.0 Å². The van der Waals surface area contributed by atoms with Gasteiger partial charge in [0.2, 0.25) is 11.8 Å². The molecule has 1 aliphatic heterocycles. The maximum absolute atomic E-state index is 13.6. The summed E-state index contributed by atoms with van der Waals surface area (Å²) < 4.78 is 13.6. The van der Waals surface area contributed by atoms with Gasteiger partial charge in [-0.15, -0.1) is 0 Å². The first kappa shape index (κ1) is 14.3. The molecule has 2 amide bonds. The number of halogens is 1. The van der Waals surface area contributed by atoms with E-state index in [1.807, 2.05) is 30.3 Å². The van der Waals surface area contributed by atoms with E-state index < -0.39 is 17.6 Å². The zero-order valence-corrected chi connectivity index (χ0v) is 11.8. The van der Waals surface area contributed by atoms with Crippen molar-refractivity contribution in [1.29, 1.82) is 0 Å². The average Bonchev–Trinajstić information content (AvgIpc) is 2.92. The minimum atomic E-state index is -0.778. The summed E-state index contributed by atoms with van der Waals surface area (Å²) >= 11 is 0. The van der Waals surface area contributed by atoms with Gasteiger partial charge in [0.15, 0.2) is 0 Å². The third kappa shape index (κ3) is 2.70. The second-order valence-corrected chi connectivity index (χ2v) is 5.14. The van der Waals surface area contributed by atoms with Crippen LogP contribution in [-0.4, -0.2) is 18.4 Å². The highest BCUT2D eigenvalue weighted by Crippen LogP contribution is 2.26. The Kier molecular flexibility index (Phi) is 3.87. The molecule has 2 aromatic carbocycles. The third-order valence-electron chi connectivity index (χ3n) is 3.72. The van der Waals surface area contributed by atoms with Crippen molar-refractivity contribution in [1.82, 2.24) is 0 Å². The van der Waals surface area contributed by atoms with Crippen LogP contribution in [0.1, 0.15) is 6.42 Å². The summed E-state index contributed by atoms with van der Waals surface area (Å²) in [4.78, 5) is 26.2. The van der Waals surface area contributed by atoms with Crippen molar-refractivity contribution in [2.24, 2.45) is 5.92 Å². The van der Waals surface area contributed by atoms with Gasteiger partial charge in [0, 0.05) is 12.2 Å². The summed E-state index contributed by atoms with van der Waals surface area (Å²) in [6.45, 7) is 0.484. The lowest BCUT2D eigenvalue weighted by Gasteiger charge is -2.16. The summed E-state index contributed by atoms with van der Waals surface area (Å²) in [5, 5.41) is 2.49. The zero-order valence-electron chi connectivity index (χ0n) is 11.8. The first-order valence-corrected chi connectivity index (χ1v) is 7.08. The van der Waals surface area contributed by atoms with Gasteiger partial charge in [0.05, 0.1) is 5.69 Å². The molecule has 22 heavy (non-hydrogen) atoms. The van der Waals surface area contributed by atoms with Crippen molar-refractivity contribution >= 4 is 23.2 Å². The molecule has 0 radical (unpaired) electrons. The number of hydrogen-bond donors (Lipinski definition) is 1. The molecule has 2 aromatic rings. The van der Waals surface area contributed by atoms with Crippen molar-refractivity contribution in [3.63, 3.8) is 0 Å². The van der Waals surface area contributed by atoms with E-state index >= 15 is 0 Å². The molecule has 1 aliphatic rings. The van der Waals surface area contributed by atoms with Crippen LogP contribution in [0.15, 0.2) is 54.6 Å². The van der Waals surface area contributed by atoms with Crippen molar-refractivity contribution < 1.29 is 14.0 Å². The molecule has 3 rings (SSSR count). The molecule has 4 nitrogen and oxygen atoms in total. The molecule has 1 N–H and O–H groups in total. The molecule has 1 unspecified atom stereocenters. The standard InChI is InChI=1S/C17H15FN2O2/c18-14-8-4-5-9-15(14)19-16(21)13-10-11-20(17(13)22)12-6-2-1-3-7-12/h1-9,13H,10-11H2,(H,19,21). The lowest BCUT2D eigenvalue weighted by atomic mass is 10.1. The molecular formula is C17H15FN2O2. The van der Waals surface area contributed by atoms with Gasteiger partial charge in [-0.1, -0.05) is 30.3 Å². The molecule has 0 aromatic heterocycles. The first-order valence-electron chi connectivity index (χ1n) is 7.08. The highest BCUT2D eigenvalue weighted by Gasteiger charge is 2.37. The number of nitrogens with zero attached hydrogens (tertiary/aromatic N) is 1. The number of amides is 2. The summed E-state index contributed by atoms with van der Waals surface area (Å²) in [7, 11) is 0.